The standard InChI is InChI=1S/C9H14N2O2/c1-6-3-7(12)11(8(6)13)9(2)4-10-5-9/h6,10H,3-5H2,1-2H3. The first-order valence-electron chi connectivity index (χ1n) is 4.62. The van der Waals surface area contributed by atoms with Crippen LogP contribution in [0.5, 0.6) is 0 Å². The SMILES string of the molecule is CC1CC(=O)N(C2(C)CNC2)C1=O. The molecule has 0 aliphatic carbocycles. The van der Waals surface area contributed by atoms with E-state index in [4.69, 9.17) is 0 Å². The summed E-state index contributed by atoms with van der Waals surface area (Å²) in [6, 6.07) is 0. The van der Waals surface area contributed by atoms with Crippen molar-refractivity contribution in [1.82, 2.24) is 10.2 Å². The predicted molar refractivity (Wildman–Crippen MR) is 46.9 cm³/mol. The maximum atomic E-state index is 11.6. The van der Waals surface area contributed by atoms with Gasteiger partial charge in [-0.3, -0.25) is 14.5 Å². The number of hydrogen-bond acceptors (Lipinski definition) is 3. The number of rotatable bonds is 1. The summed E-state index contributed by atoms with van der Waals surface area (Å²) in [4.78, 5) is 24.6. The van der Waals surface area contributed by atoms with Crippen LogP contribution in [0.15, 0.2) is 0 Å². The number of nitrogens with zero attached hydrogens (tertiary/aromatic N) is 1. The average Bonchev–Trinajstić information content (AvgIpc) is 2.23. The second-order valence-electron chi connectivity index (χ2n) is 4.27. The summed E-state index contributed by atoms with van der Waals surface area (Å²) in [5.41, 5.74) is -0.251. The van der Waals surface area contributed by atoms with Crippen LogP contribution in [0.4, 0.5) is 0 Å². The van der Waals surface area contributed by atoms with Crippen molar-refractivity contribution in [2.75, 3.05) is 13.1 Å². The van der Waals surface area contributed by atoms with Crippen molar-refractivity contribution >= 4 is 11.8 Å². The lowest BCUT2D eigenvalue weighted by Crippen LogP contribution is -2.68. The van der Waals surface area contributed by atoms with Crippen LogP contribution in [-0.2, 0) is 9.59 Å². The minimum Gasteiger partial charge on any atom is -0.312 e. The van der Waals surface area contributed by atoms with Crippen LogP contribution in [0.1, 0.15) is 20.3 Å². The van der Waals surface area contributed by atoms with Crippen LogP contribution in [0.2, 0.25) is 0 Å². The van der Waals surface area contributed by atoms with Gasteiger partial charge in [0.1, 0.15) is 0 Å². The molecule has 0 aromatic heterocycles. The molecule has 2 aliphatic rings. The molecule has 2 heterocycles. The summed E-state index contributed by atoms with van der Waals surface area (Å²) in [7, 11) is 0. The molecule has 2 amide bonds. The van der Waals surface area contributed by atoms with E-state index in [2.05, 4.69) is 5.32 Å². The molecular formula is C9H14N2O2. The van der Waals surface area contributed by atoms with Gasteiger partial charge >= 0.3 is 0 Å². The van der Waals surface area contributed by atoms with Gasteiger partial charge in [0.15, 0.2) is 0 Å². The number of nitrogens with one attached hydrogen (secondary N) is 1. The second kappa shape index (κ2) is 2.54. The third-order valence-electron chi connectivity index (χ3n) is 2.92. The third-order valence-corrected chi connectivity index (χ3v) is 2.92. The van der Waals surface area contributed by atoms with E-state index in [0.29, 0.717) is 6.42 Å². The Morgan fingerprint density at radius 2 is 2.08 bits per heavy atom. The molecule has 0 radical (unpaired) electrons. The molecule has 4 nitrogen and oxygen atoms in total. The fourth-order valence-corrected chi connectivity index (χ4v) is 2.00. The van der Waals surface area contributed by atoms with Gasteiger partial charge in [0.05, 0.1) is 5.54 Å². The molecule has 0 bridgehead atoms. The minimum atomic E-state index is -0.251. The topological polar surface area (TPSA) is 49.4 Å². The molecule has 4 heteroatoms. The van der Waals surface area contributed by atoms with Crippen molar-refractivity contribution in [2.45, 2.75) is 25.8 Å². The number of hydrogen-bond donors (Lipinski definition) is 1. The highest BCUT2D eigenvalue weighted by Gasteiger charge is 2.49. The van der Waals surface area contributed by atoms with E-state index >= 15 is 0 Å². The number of carbonyl (C=O) groups is 2. The van der Waals surface area contributed by atoms with E-state index in [1.54, 1.807) is 0 Å². The molecule has 1 atom stereocenters. The highest BCUT2D eigenvalue weighted by Crippen LogP contribution is 2.29. The molecule has 0 aromatic rings. The predicted octanol–water partition coefficient (Wildman–Crippen LogP) is -0.257. The number of likely N-dealkylation sites (tertiary alicyclic amines) is 1. The summed E-state index contributed by atoms with van der Waals surface area (Å²) < 4.78 is 0. The normalized spacial score (nSPS) is 32.2. The Kier molecular flexibility index (Phi) is 1.70. The molecule has 0 spiro atoms. The van der Waals surface area contributed by atoms with Gasteiger partial charge in [-0.25, -0.2) is 0 Å². The van der Waals surface area contributed by atoms with Crippen LogP contribution in [-0.4, -0.2) is 35.3 Å². The van der Waals surface area contributed by atoms with E-state index in [1.165, 1.54) is 4.90 Å². The van der Waals surface area contributed by atoms with Crippen molar-refractivity contribution in [3.63, 3.8) is 0 Å². The highest BCUT2D eigenvalue weighted by atomic mass is 16.2. The molecule has 2 rings (SSSR count). The first-order valence-corrected chi connectivity index (χ1v) is 4.62. The summed E-state index contributed by atoms with van der Waals surface area (Å²) in [6.07, 6.45) is 0.383. The van der Waals surface area contributed by atoms with Gasteiger partial charge in [0, 0.05) is 25.4 Å². The van der Waals surface area contributed by atoms with Crippen LogP contribution in [0.25, 0.3) is 0 Å². The molecule has 1 N–H and O–H groups in total. The first-order chi connectivity index (χ1) is 6.04. The Bertz CT molecular complexity index is 271. The monoisotopic (exact) mass is 182 g/mol. The summed E-state index contributed by atoms with van der Waals surface area (Å²) in [5, 5.41) is 3.09. The van der Waals surface area contributed by atoms with Crippen molar-refractivity contribution < 1.29 is 9.59 Å². The molecular weight excluding hydrogens is 168 g/mol. The fraction of sp³-hybridized carbons (Fsp3) is 0.778. The Hall–Kier alpha value is -0.900. The zero-order valence-electron chi connectivity index (χ0n) is 7.96. The molecule has 2 fully saturated rings. The molecule has 2 aliphatic heterocycles. The zero-order valence-corrected chi connectivity index (χ0v) is 7.96. The molecule has 0 aromatic carbocycles. The fourth-order valence-electron chi connectivity index (χ4n) is 2.00. The minimum absolute atomic E-state index is 0.00556. The van der Waals surface area contributed by atoms with Gasteiger partial charge in [0.2, 0.25) is 11.8 Å². The van der Waals surface area contributed by atoms with E-state index in [0.717, 1.165) is 13.1 Å². The lowest BCUT2D eigenvalue weighted by atomic mass is 9.93. The van der Waals surface area contributed by atoms with Crippen LogP contribution in [0, 0.1) is 5.92 Å². The Balaban J connectivity index is 2.23. The Labute approximate surface area is 77.3 Å². The summed E-state index contributed by atoms with van der Waals surface area (Å²) in [5.74, 6) is -0.138. The maximum absolute atomic E-state index is 11.6. The summed E-state index contributed by atoms with van der Waals surface area (Å²) in [6.45, 7) is 5.24. The van der Waals surface area contributed by atoms with Gasteiger partial charge in [-0.2, -0.15) is 0 Å². The van der Waals surface area contributed by atoms with Gasteiger partial charge in [-0.05, 0) is 6.92 Å². The van der Waals surface area contributed by atoms with Crippen molar-refractivity contribution in [3.05, 3.63) is 0 Å². The Morgan fingerprint density at radius 3 is 2.38 bits per heavy atom. The van der Waals surface area contributed by atoms with Crippen molar-refractivity contribution in [1.29, 1.82) is 0 Å². The van der Waals surface area contributed by atoms with Crippen molar-refractivity contribution in [3.8, 4) is 0 Å². The second-order valence-corrected chi connectivity index (χ2v) is 4.27. The smallest absolute Gasteiger partial charge is 0.233 e. The van der Waals surface area contributed by atoms with E-state index in [1.807, 2.05) is 13.8 Å². The van der Waals surface area contributed by atoms with E-state index < -0.39 is 0 Å². The van der Waals surface area contributed by atoms with Gasteiger partial charge in [-0.1, -0.05) is 6.92 Å². The van der Waals surface area contributed by atoms with Crippen molar-refractivity contribution in [2.24, 2.45) is 5.92 Å². The summed E-state index contributed by atoms with van der Waals surface area (Å²) >= 11 is 0. The van der Waals surface area contributed by atoms with Crippen LogP contribution >= 0.6 is 0 Å². The Morgan fingerprint density at radius 1 is 1.46 bits per heavy atom. The highest BCUT2D eigenvalue weighted by molar-refractivity contribution is 6.04. The lowest BCUT2D eigenvalue weighted by Gasteiger charge is -2.45. The number of carbonyl (C=O) groups excluding carboxylic acids is 2. The molecule has 13 heavy (non-hydrogen) atoms. The zero-order chi connectivity index (χ0) is 9.64. The van der Waals surface area contributed by atoms with Gasteiger partial charge in [-0.15, -0.1) is 0 Å². The van der Waals surface area contributed by atoms with Crippen LogP contribution < -0.4 is 5.32 Å². The largest absolute Gasteiger partial charge is 0.312 e. The maximum Gasteiger partial charge on any atom is 0.233 e. The third kappa shape index (κ3) is 1.09. The molecule has 0 saturated carbocycles. The first kappa shape index (κ1) is 8.69. The average molecular weight is 182 g/mol. The quantitative estimate of drug-likeness (QED) is 0.568. The lowest BCUT2D eigenvalue weighted by molar-refractivity contribution is -0.148. The molecule has 2 saturated heterocycles. The van der Waals surface area contributed by atoms with Gasteiger partial charge in [0.25, 0.3) is 0 Å². The number of amides is 2. The van der Waals surface area contributed by atoms with E-state index in [-0.39, 0.29) is 23.3 Å². The molecule has 1 unspecified atom stereocenters. The number of imide groups is 1. The van der Waals surface area contributed by atoms with E-state index in [9.17, 15) is 9.59 Å². The molecule has 72 valence electrons. The van der Waals surface area contributed by atoms with Crippen LogP contribution in [0.3, 0.4) is 0 Å². The van der Waals surface area contributed by atoms with Gasteiger partial charge < -0.3 is 5.32 Å².